The van der Waals surface area contributed by atoms with Crippen LogP contribution in [0.3, 0.4) is 0 Å². The Hall–Kier alpha value is -1.18. The van der Waals surface area contributed by atoms with Crippen molar-refractivity contribution < 1.29 is 9.47 Å². The topological polar surface area (TPSA) is 18.5 Å². The van der Waals surface area contributed by atoms with Crippen LogP contribution in [0.25, 0.3) is 0 Å². The standard InChI is InChI=1S/C10H12O2/c1-2-5-9-10(6-3-1)12-8-4-7-11-9/h2-3,5-6H,1,4,7-8H2. The zero-order valence-corrected chi connectivity index (χ0v) is 6.95. The first-order chi connectivity index (χ1) is 5.97. The summed E-state index contributed by atoms with van der Waals surface area (Å²) < 4.78 is 11.0. The van der Waals surface area contributed by atoms with Gasteiger partial charge in [-0.1, -0.05) is 12.2 Å². The lowest BCUT2D eigenvalue weighted by atomic mass is 10.4. The summed E-state index contributed by atoms with van der Waals surface area (Å²) in [6, 6.07) is 0. The molecule has 2 aliphatic rings. The molecule has 12 heavy (non-hydrogen) atoms. The fraction of sp³-hybridized carbons (Fsp3) is 0.400. The Labute approximate surface area is 72.2 Å². The maximum atomic E-state index is 5.50. The van der Waals surface area contributed by atoms with Crippen molar-refractivity contribution in [3.8, 4) is 0 Å². The van der Waals surface area contributed by atoms with E-state index in [2.05, 4.69) is 12.2 Å². The number of rotatable bonds is 0. The van der Waals surface area contributed by atoms with Crippen LogP contribution in [0.2, 0.25) is 0 Å². The SMILES string of the molecule is C1=CC2=C(C=CC1)OCCCO2. The van der Waals surface area contributed by atoms with E-state index in [1.807, 2.05) is 12.2 Å². The number of hydrogen-bond donors (Lipinski definition) is 0. The lowest BCUT2D eigenvalue weighted by molar-refractivity contribution is 0.214. The third kappa shape index (κ3) is 1.52. The Morgan fingerprint density at radius 3 is 2.08 bits per heavy atom. The molecule has 0 spiro atoms. The Kier molecular flexibility index (Phi) is 2.16. The molecule has 0 aromatic carbocycles. The monoisotopic (exact) mass is 164 g/mol. The minimum atomic E-state index is 0.761. The zero-order valence-electron chi connectivity index (χ0n) is 6.95. The molecule has 0 atom stereocenters. The summed E-state index contributed by atoms with van der Waals surface area (Å²) in [5.41, 5.74) is 0. The van der Waals surface area contributed by atoms with Crippen LogP contribution in [0, 0.1) is 0 Å². The number of ether oxygens (including phenoxy) is 2. The van der Waals surface area contributed by atoms with Gasteiger partial charge in [-0.15, -0.1) is 0 Å². The first-order valence-corrected chi connectivity index (χ1v) is 4.30. The Morgan fingerprint density at radius 2 is 1.50 bits per heavy atom. The molecular weight excluding hydrogens is 152 g/mol. The van der Waals surface area contributed by atoms with Gasteiger partial charge in [0.2, 0.25) is 0 Å². The fourth-order valence-electron chi connectivity index (χ4n) is 1.25. The third-order valence-corrected chi connectivity index (χ3v) is 1.86. The summed E-state index contributed by atoms with van der Waals surface area (Å²) in [7, 11) is 0. The van der Waals surface area contributed by atoms with Gasteiger partial charge in [0.15, 0.2) is 11.5 Å². The molecule has 0 fully saturated rings. The highest BCUT2D eigenvalue weighted by Crippen LogP contribution is 2.18. The minimum absolute atomic E-state index is 0.761. The fourth-order valence-corrected chi connectivity index (χ4v) is 1.25. The van der Waals surface area contributed by atoms with Crippen LogP contribution in [-0.4, -0.2) is 13.2 Å². The highest BCUT2D eigenvalue weighted by Gasteiger charge is 2.09. The molecule has 0 radical (unpaired) electrons. The van der Waals surface area contributed by atoms with Crippen molar-refractivity contribution in [3.63, 3.8) is 0 Å². The first kappa shape index (κ1) is 7.47. The summed E-state index contributed by atoms with van der Waals surface area (Å²) in [4.78, 5) is 0. The van der Waals surface area contributed by atoms with Crippen LogP contribution in [-0.2, 0) is 9.47 Å². The lowest BCUT2D eigenvalue weighted by Crippen LogP contribution is -1.91. The minimum Gasteiger partial charge on any atom is -0.490 e. The van der Waals surface area contributed by atoms with Gasteiger partial charge in [0, 0.05) is 6.42 Å². The molecule has 1 aliphatic carbocycles. The van der Waals surface area contributed by atoms with Crippen LogP contribution in [0.4, 0.5) is 0 Å². The van der Waals surface area contributed by atoms with E-state index in [4.69, 9.17) is 9.47 Å². The highest BCUT2D eigenvalue weighted by atomic mass is 16.5. The predicted octanol–water partition coefficient (Wildman–Crippen LogP) is 2.15. The third-order valence-electron chi connectivity index (χ3n) is 1.86. The van der Waals surface area contributed by atoms with Gasteiger partial charge < -0.3 is 9.47 Å². The maximum Gasteiger partial charge on any atom is 0.160 e. The van der Waals surface area contributed by atoms with Gasteiger partial charge in [-0.05, 0) is 18.6 Å². The van der Waals surface area contributed by atoms with E-state index in [9.17, 15) is 0 Å². The van der Waals surface area contributed by atoms with Gasteiger partial charge in [0.05, 0.1) is 13.2 Å². The zero-order chi connectivity index (χ0) is 8.23. The highest BCUT2D eigenvalue weighted by molar-refractivity contribution is 5.28. The van der Waals surface area contributed by atoms with Gasteiger partial charge in [-0.25, -0.2) is 0 Å². The maximum absolute atomic E-state index is 5.50. The van der Waals surface area contributed by atoms with Crippen molar-refractivity contribution in [3.05, 3.63) is 35.8 Å². The summed E-state index contributed by atoms with van der Waals surface area (Å²) in [5.74, 6) is 1.75. The molecule has 2 nitrogen and oxygen atoms in total. The summed E-state index contributed by atoms with van der Waals surface area (Å²) in [6.07, 6.45) is 10.1. The Morgan fingerprint density at radius 1 is 0.917 bits per heavy atom. The smallest absolute Gasteiger partial charge is 0.160 e. The second-order valence-electron chi connectivity index (χ2n) is 2.82. The molecule has 0 saturated heterocycles. The number of allylic oxidation sites excluding steroid dienone is 4. The van der Waals surface area contributed by atoms with E-state index in [0.29, 0.717) is 0 Å². The van der Waals surface area contributed by atoms with E-state index < -0.39 is 0 Å². The summed E-state index contributed by atoms with van der Waals surface area (Å²) in [6.45, 7) is 1.52. The van der Waals surface area contributed by atoms with E-state index >= 15 is 0 Å². The molecule has 1 heterocycles. The molecule has 0 aromatic rings. The summed E-state index contributed by atoms with van der Waals surface area (Å²) >= 11 is 0. The molecule has 1 aliphatic heterocycles. The molecule has 0 saturated carbocycles. The molecule has 2 rings (SSSR count). The van der Waals surface area contributed by atoms with Gasteiger partial charge in [0.1, 0.15) is 0 Å². The van der Waals surface area contributed by atoms with Gasteiger partial charge in [-0.3, -0.25) is 0 Å². The van der Waals surface area contributed by atoms with E-state index in [-0.39, 0.29) is 0 Å². The molecule has 0 unspecified atom stereocenters. The van der Waals surface area contributed by atoms with Crippen molar-refractivity contribution in [2.24, 2.45) is 0 Å². The quantitative estimate of drug-likeness (QED) is 0.546. The van der Waals surface area contributed by atoms with Crippen LogP contribution in [0.5, 0.6) is 0 Å². The van der Waals surface area contributed by atoms with Crippen molar-refractivity contribution in [1.29, 1.82) is 0 Å². The normalized spacial score (nSPS) is 22.0. The average Bonchev–Trinajstić information content (AvgIpc) is 2.38. The predicted molar refractivity (Wildman–Crippen MR) is 46.4 cm³/mol. The number of hydrogen-bond acceptors (Lipinski definition) is 2. The molecule has 2 heteroatoms. The van der Waals surface area contributed by atoms with Crippen molar-refractivity contribution in [2.75, 3.05) is 13.2 Å². The van der Waals surface area contributed by atoms with Crippen molar-refractivity contribution in [2.45, 2.75) is 12.8 Å². The molecule has 0 N–H and O–H groups in total. The lowest BCUT2D eigenvalue weighted by Gasteiger charge is -2.04. The molecule has 0 amide bonds. The van der Waals surface area contributed by atoms with Gasteiger partial charge in [-0.2, -0.15) is 0 Å². The molecular formula is C10H12O2. The molecule has 0 aromatic heterocycles. The van der Waals surface area contributed by atoms with Crippen LogP contribution >= 0.6 is 0 Å². The Bertz CT molecular complexity index is 225. The van der Waals surface area contributed by atoms with E-state index in [1.54, 1.807) is 0 Å². The van der Waals surface area contributed by atoms with Crippen LogP contribution in [0.1, 0.15) is 12.8 Å². The molecule has 0 bridgehead atoms. The van der Waals surface area contributed by atoms with Crippen LogP contribution in [0.15, 0.2) is 35.8 Å². The summed E-state index contributed by atoms with van der Waals surface area (Å²) in [5, 5.41) is 0. The second kappa shape index (κ2) is 3.48. The van der Waals surface area contributed by atoms with Gasteiger partial charge in [0.25, 0.3) is 0 Å². The second-order valence-corrected chi connectivity index (χ2v) is 2.82. The van der Waals surface area contributed by atoms with Gasteiger partial charge >= 0.3 is 0 Å². The molecule has 64 valence electrons. The average molecular weight is 164 g/mol. The van der Waals surface area contributed by atoms with E-state index in [1.165, 1.54) is 0 Å². The van der Waals surface area contributed by atoms with Crippen LogP contribution < -0.4 is 0 Å². The van der Waals surface area contributed by atoms with Crippen molar-refractivity contribution in [1.82, 2.24) is 0 Å². The van der Waals surface area contributed by atoms with E-state index in [0.717, 1.165) is 37.6 Å². The first-order valence-electron chi connectivity index (χ1n) is 4.30. The van der Waals surface area contributed by atoms with Crippen molar-refractivity contribution >= 4 is 0 Å². The Balaban J connectivity index is 2.25. The largest absolute Gasteiger partial charge is 0.490 e.